The Morgan fingerprint density at radius 1 is 1.24 bits per heavy atom. The summed E-state index contributed by atoms with van der Waals surface area (Å²) in [4.78, 5) is 14.9. The summed E-state index contributed by atoms with van der Waals surface area (Å²) in [7, 11) is 1.65. The number of nitrogens with zero attached hydrogens (tertiary/aromatic N) is 1. The zero-order valence-electron chi connectivity index (χ0n) is 17.6. The number of piperidine rings is 1. The molecule has 1 saturated heterocycles. The summed E-state index contributed by atoms with van der Waals surface area (Å²) in [6.45, 7) is 5.18. The second-order valence-electron chi connectivity index (χ2n) is 7.85. The molecule has 0 radical (unpaired) electrons. The van der Waals surface area contributed by atoms with Crippen LogP contribution in [0.4, 0.5) is 5.69 Å². The second-order valence-corrected chi connectivity index (χ2v) is 7.85. The summed E-state index contributed by atoms with van der Waals surface area (Å²) < 4.78 is 5.22. The van der Waals surface area contributed by atoms with Crippen molar-refractivity contribution in [2.45, 2.75) is 32.6 Å². The number of ether oxygens (including phenoxy) is 1. The molecule has 4 heteroatoms. The minimum atomic E-state index is 0.0966. The molecule has 0 bridgehead atoms. The van der Waals surface area contributed by atoms with Crippen LogP contribution in [0.1, 0.15) is 36.8 Å². The molecule has 0 aromatic heterocycles. The molecule has 1 fully saturated rings. The lowest BCUT2D eigenvalue weighted by atomic mass is 9.93. The smallest absolute Gasteiger partial charge is 0.224 e. The molecule has 2 aromatic rings. The number of nitrogens with one attached hydrogen (secondary N) is 1. The van der Waals surface area contributed by atoms with Crippen LogP contribution in [-0.4, -0.2) is 37.6 Å². The molecule has 4 nitrogen and oxygen atoms in total. The average molecular weight is 393 g/mol. The Labute approximate surface area is 174 Å². The Hall–Kier alpha value is -2.59. The monoisotopic (exact) mass is 392 g/mol. The van der Waals surface area contributed by atoms with Crippen molar-refractivity contribution in [3.8, 4) is 5.75 Å². The van der Waals surface area contributed by atoms with Crippen LogP contribution in [-0.2, 0) is 4.79 Å². The van der Waals surface area contributed by atoms with E-state index in [0.717, 1.165) is 43.1 Å². The lowest BCUT2D eigenvalue weighted by Crippen LogP contribution is -2.35. The summed E-state index contributed by atoms with van der Waals surface area (Å²) in [6, 6.07) is 16.1. The Balaban J connectivity index is 1.42. The first-order valence-electron chi connectivity index (χ1n) is 10.5. The lowest BCUT2D eigenvalue weighted by Gasteiger charge is -2.32. The zero-order valence-corrected chi connectivity index (χ0v) is 17.6. The predicted molar refractivity (Wildman–Crippen MR) is 120 cm³/mol. The molecule has 0 aliphatic carbocycles. The second kappa shape index (κ2) is 10.8. The normalized spacial score (nSPS) is 17.4. The molecule has 1 atom stereocenters. The van der Waals surface area contributed by atoms with Gasteiger partial charge in [-0.2, -0.15) is 0 Å². The maximum Gasteiger partial charge on any atom is 0.224 e. The Bertz CT molecular complexity index is 817. The average Bonchev–Trinajstić information content (AvgIpc) is 2.75. The number of methoxy groups -OCH3 is 1. The molecule has 1 aliphatic rings. The van der Waals surface area contributed by atoms with Gasteiger partial charge in [0, 0.05) is 25.2 Å². The highest BCUT2D eigenvalue weighted by atomic mass is 16.5. The van der Waals surface area contributed by atoms with Crippen LogP contribution in [0.2, 0.25) is 0 Å². The van der Waals surface area contributed by atoms with Gasteiger partial charge in [0.1, 0.15) is 5.75 Å². The van der Waals surface area contributed by atoms with E-state index >= 15 is 0 Å². The molecule has 1 heterocycles. The first kappa shape index (κ1) is 21.1. The van der Waals surface area contributed by atoms with Crippen LogP contribution in [0.3, 0.4) is 0 Å². The molecule has 154 valence electrons. The predicted octanol–water partition coefficient (Wildman–Crippen LogP) is 5.15. The van der Waals surface area contributed by atoms with Crippen molar-refractivity contribution in [1.82, 2.24) is 4.90 Å². The maximum atomic E-state index is 12.4. The molecule has 1 aliphatic heterocycles. The number of carbonyl (C=O) groups excluding carboxylic acids is 1. The van der Waals surface area contributed by atoms with Crippen molar-refractivity contribution in [3.63, 3.8) is 0 Å². The van der Waals surface area contributed by atoms with Gasteiger partial charge in [-0.15, -0.1) is 0 Å². The highest BCUT2D eigenvalue weighted by Gasteiger charge is 2.20. The SMILES string of the molecule is COc1ccc(NC(=O)CCC2CCCN(C/C=C/c3ccccc3)C2)c(C)c1. The van der Waals surface area contributed by atoms with Gasteiger partial charge >= 0.3 is 0 Å². The van der Waals surface area contributed by atoms with E-state index < -0.39 is 0 Å². The van der Waals surface area contributed by atoms with Crippen LogP contribution in [0.5, 0.6) is 5.75 Å². The molecule has 1 N–H and O–H groups in total. The molecule has 2 aromatic carbocycles. The van der Waals surface area contributed by atoms with Crippen molar-refractivity contribution < 1.29 is 9.53 Å². The number of hydrogen-bond acceptors (Lipinski definition) is 3. The largest absolute Gasteiger partial charge is 0.497 e. The zero-order chi connectivity index (χ0) is 20.5. The van der Waals surface area contributed by atoms with Gasteiger partial charge in [0.2, 0.25) is 5.91 Å². The van der Waals surface area contributed by atoms with E-state index in [0.29, 0.717) is 12.3 Å². The van der Waals surface area contributed by atoms with Crippen LogP contribution in [0.25, 0.3) is 6.08 Å². The first-order chi connectivity index (χ1) is 14.1. The molecule has 1 unspecified atom stereocenters. The summed E-state index contributed by atoms with van der Waals surface area (Å²) in [6.07, 6.45) is 8.38. The Morgan fingerprint density at radius 3 is 2.83 bits per heavy atom. The van der Waals surface area contributed by atoms with Gasteiger partial charge in [-0.05, 0) is 68.0 Å². The molecule has 1 amide bonds. The van der Waals surface area contributed by atoms with Crippen molar-refractivity contribution in [3.05, 3.63) is 65.7 Å². The fraction of sp³-hybridized carbons (Fsp3) is 0.400. The van der Waals surface area contributed by atoms with E-state index in [2.05, 4.69) is 46.6 Å². The van der Waals surface area contributed by atoms with Crippen molar-refractivity contribution in [2.75, 3.05) is 32.1 Å². The van der Waals surface area contributed by atoms with Crippen LogP contribution < -0.4 is 10.1 Å². The first-order valence-corrected chi connectivity index (χ1v) is 10.5. The number of hydrogen-bond donors (Lipinski definition) is 1. The van der Waals surface area contributed by atoms with E-state index in [1.165, 1.54) is 18.4 Å². The van der Waals surface area contributed by atoms with E-state index in [4.69, 9.17) is 4.74 Å². The molecular weight excluding hydrogens is 360 g/mol. The maximum absolute atomic E-state index is 12.4. The number of anilines is 1. The topological polar surface area (TPSA) is 41.6 Å². The van der Waals surface area contributed by atoms with E-state index in [9.17, 15) is 4.79 Å². The van der Waals surface area contributed by atoms with Gasteiger partial charge in [0.15, 0.2) is 0 Å². The third-order valence-electron chi connectivity index (χ3n) is 5.56. The quantitative estimate of drug-likeness (QED) is 0.676. The van der Waals surface area contributed by atoms with Crippen molar-refractivity contribution in [2.24, 2.45) is 5.92 Å². The Morgan fingerprint density at radius 2 is 2.07 bits per heavy atom. The highest BCUT2D eigenvalue weighted by molar-refractivity contribution is 5.91. The van der Waals surface area contributed by atoms with Crippen LogP contribution in [0.15, 0.2) is 54.6 Å². The number of likely N-dealkylation sites (tertiary alicyclic amines) is 1. The van der Waals surface area contributed by atoms with Gasteiger partial charge in [-0.1, -0.05) is 42.5 Å². The van der Waals surface area contributed by atoms with Gasteiger partial charge in [-0.25, -0.2) is 0 Å². The molecule has 3 rings (SSSR count). The third-order valence-corrected chi connectivity index (χ3v) is 5.56. The van der Waals surface area contributed by atoms with Gasteiger partial charge in [0.05, 0.1) is 7.11 Å². The van der Waals surface area contributed by atoms with E-state index in [1.54, 1.807) is 7.11 Å². The number of benzene rings is 2. The van der Waals surface area contributed by atoms with Crippen molar-refractivity contribution in [1.29, 1.82) is 0 Å². The fourth-order valence-corrected chi connectivity index (χ4v) is 3.91. The minimum Gasteiger partial charge on any atom is -0.497 e. The molecule has 0 saturated carbocycles. The van der Waals surface area contributed by atoms with Gasteiger partial charge in [0.25, 0.3) is 0 Å². The number of aryl methyl sites for hydroxylation is 1. The van der Waals surface area contributed by atoms with E-state index in [-0.39, 0.29) is 5.91 Å². The lowest BCUT2D eigenvalue weighted by molar-refractivity contribution is -0.116. The van der Waals surface area contributed by atoms with Crippen molar-refractivity contribution >= 4 is 17.7 Å². The standard InChI is InChI=1S/C25H32N2O2/c1-20-18-23(29-2)13-14-24(20)26-25(28)15-12-22-11-7-17-27(19-22)16-6-10-21-8-4-3-5-9-21/h3-6,8-10,13-14,18,22H,7,11-12,15-17,19H2,1-2H3,(H,26,28)/b10-6+. The third kappa shape index (κ3) is 6.75. The fourth-order valence-electron chi connectivity index (χ4n) is 3.91. The minimum absolute atomic E-state index is 0.0966. The molecular formula is C25H32N2O2. The van der Waals surface area contributed by atoms with Crippen LogP contribution >= 0.6 is 0 Å². The van der Waals surface area contributed by atoms with E-state index in [1.807, 2.05) is 31.2 Å². The molecule has 0 spiro atoms. The molecule has 29 heavy (non-hydrogen) atoms. The van der Waals surface area contributed by atoms with Gasteiger partial charge in [-0.3, -0.25) is 9.69 Å². The highest BCUT2D eigenvalue weighted by Crippen LogP contribution is 2.23. The van der Waals surface area contributed by atoms with Gasteiger partial charge < -0.3 is 10.1 Å². The summed E-state index contributed by atoms with van der Waals surface area (Å²) >= 11 is 0. The summed E-state index contributed by atoms with van der Waals surface area (Å²) in [5.74, 6) is 1.50. The van der Waals surface area contributed by atoms with Crippen LogP contribution in [0, 0.1) is 12.8 Å². The number of amides is 1. The Kier molecular flexibility index (Phi) is 7.88. The number of rotatable bonds is 8. The summed E-state index contributed by atoms with van der Waals surface area (Å²) in [5, 5.41) is 3.05. The summed E-state index contributed by atoms with van der Waals surface area (Å²) in [5.41, 5.74) is 3.13. The number of carbonyl (C=O) groups is 1.